The number of aliphatic hydroxyl groups is 1. The average Bonchev–Trinajstić information content (AvgIpc) is 2.85. The lowest BCUT2D eigenvalue weighted by molar-refractivity contribution is -0.0408. The number of aliphatic hydroxyl groups excluding tert-OH is 1. The van der Waals surface area contributed by atoms with Crippen LogP contribution in [0.1, 0.15) is 65.7 Å². The van der Waals surface area contributed by atoms with Crippen molar-refractivity contribution in [2.75, 3.05) is 13.1 Å². The molecular formula is C16H30ClN3O. The quantitative estimate of drug-likeness (QED) is 0.752. The summed E-state index contributed by atoms with van der Waals surface area (Å²) in [6.45, 7) is 13.3. The fourth-order valence-electron chi connectivity index (χ4n) is 3.40. The molecule has 0 bridgehead atoms. The highest BCUT2D eigenvalue weighted by atomic mass is 35.5. The molecule has 0 amide bonds. The maximum Gasteiger partial charge on any atom is 0.115 e. The minimum absolute atomic E-state index is 0.293. The first-order valence-corrected chi connectivity index (χ1v) is 8.54. The van der Waals surface area contributed by atoms with Crippen molar-refractivity contribution in [3.8, 4) is 0 Å². The minimum atomic E-state index is -0.631. The van der Waals surface area contributed by atoms with Gasteiger partial charge in [-0.25, -0.2) is 0 Å². The first-order chi connectivity index (χ1) is 10.0. The van der Waals surface area contributed by atoms with Crippen molar-refractivity contribution < 1.29 is 5.11 Å². The second-order valence-corrected chi connectivity index (χ2v) is 5.89. The molecule has 1 N–H and O–H groups in total. The fourth-order valence-corrected chi connectivity index (χ4v) is 3.64. The van der Waals surface area contributed by atoms with Gasteiger partial charge in [-0.05, 0) is 32.4 Å². The summed E-state index contributed by atoms with van der Waals surface area (Å²) in [6, 6.07) is 0. The second-order valence-electron chi connectivity index (χ2n) is 5.49. The molecular weight excluding hydrogens is 286 g/mol. The molecule has 0 spiro atoms. The van der Waals surface area contributed by atoms with Gasteiger partial charge in [0.1, 0.15) is 6.10 Å². The van der Waals surface area contributed by atoms with Crippen molar-refractivity contribution in [2.45, 2.75) is 72.1 Å². The highest BCUT2D eigenvalue weighted by Gasteiger charge is 2.42. The number of aryl methyl sites for hydroxylation is 1. The third kappa shape index (κ3) is 3.43. The number of hydrogen-bond acceptors (Lipinski definition) is 3. The average molecular weight is 316 g/mol. The lowest BCUT2D eigenvalue weighted by Gasteiger charge is -2.45. The van der Waals surface area contributed by atoms with Crippen LogP contribution in [-0.2, 0) is 6.54 Å². The Morgan fingerprint density at radius 2 is 1.81 bits per heavy atom. The van der Waals surface area contributed by atoms with Crippen molar-refractivity contribution in [2.24, 2.45) is 0 Å². The van der Waals surface area contributed by atoms with Gasteiger partial charge in [0.05, 0.1) is 22.5 Å². The second kappa shape index (κ2) is 8.16. The number of nitrogens with zero attached hydrogens (tertiary/aromatic N) is 3. The van der Waals surface area contributed by atoms with Crippen LogP contribution in [0.2, 0.25) is 5.02 Å². The van der Waals surface area contributed by atoms with Crippen LogP contribution in [0, 0.1) is 0 Å². The molecule has 21 heavy (non-hydrogen) atoms. The molecule has 0 saturated carbocycles. The van der Waals surface area contributed by atoms with Crippen molar-refractivity contribution >= 4 is 11.6 Å². The van der Waals surface area contributed by atoms with Gasteiger partial charge in [0.25, 0.3) is 0 Å². The van der Waals surface area contributed by atoms with Gasteiger partial charge in [0, 0.05) is 6.54 Å². The van der Waals surface area contributed by atoms with Crippen LogP contribution in [0.15, 0.2) is 6.20 Å². The zero-order valence-electron chi connectivity index (χ0n) is 14.1. The van der Waals surface area contributed by atoms with Crippen LogP contribution in [0.25, 0.3) is 0 Å². The number of aromatic nitrogens is 2. The maximum atomic E-state index is 11.2. The predicted molar refractivity (Wildman–Crippen MR) is 88.7 cm³/mol. The Balaban J connectivity index is 3.29. The molecule has 1 atom stereocenters. The molecule has 1 rings (SSSR count). The molecule has 0 aliphatic carbocycles. The monoisotopic (exact) mass is 315 g/mol. The molecule has 5 heteroatoms. The summed E-state index contributed by atoms with van der Waals surface area (Å²) in [5.41, 5.74) is 0.465. The zero-order valence-corrected chi connectivity index (χ0v) is 14.8. The van der Waals surface area contributed by atoms with E-state index >= 15 is 0 Å². The van der Waals surface area contributed by atoms with E-state index in [0.717, 1.165) is 44.6 Å². The number of rotatable bonds is 9. The molecule has 0 aliphatic rings. The third-order valence-corrected chi connectivity index (χ3v) is 4.95. The van der Waals surface area contributed by atoms with Gasteiger partial charge >= 0.3 is 0 Å². The van der Waals surface area contributed by atoms with Gasteiger partial charge in [-0.15, -0.1) is 0 Å². The molecule has 0 saturated heterocycles. The zero-order chi connectivity index (χ0) is 16.0. The molecule has 1 unspecified atom stereocenters. The SMILES string of the molecule is CCCn1ncc(Cl)c1C(O)C(CC)(CC)N(CC)CC. The first kappa shape index (κ1) is 18.5. The standard InChI is InChI=1S/C16H30ClN3O/c1-6-11-20-14(13(17)12-18-20)15(21)16(7-2,8-3)19(9-4)10-5/h12,15,21H,6-11H2,1-5H3. The maximum absolute atomic E-state index is 11.2. The van der Waals surface area contributed by atoms with Crippen molar-refractivity contribution in [1.82, 2.24) is 14.7 Å². The van der Waals surface area contributed by atoms with Gasteiger partial charge in [-0.2, -0.15) is 5.10 Å². The van der Waals surface area contributed by atoms with E-state index in [-0.39, 0.29) is 5.54 Å². The molecule has 1 heterocycles. The van der Waals surface area contributed by atoms with E-state index in [2.05, 4.69) is 44.6 Å². The van der Waals surface area contributed by atoms with E-state index in [1.54, 1.807) is 6.20 Å². The predicted octanol–water partition coefficient (Wildman–Crippen LogP) is 3.88. The number of likely N-dealkylation sites (N-methyl/N-ethyl adjacent to an activating group) is 1. The molecule has 1 aromatic heterocycles. The van der Waals surface area contributed by atoms with Crippen LogP contribution in [0.5, 0.6) is 0 Å². The Labute approximate surface area is 134 Å². The molecule has 1 aromatic rings. The van der Waals surface area contributed by atoms with Gasteiger partial charge in [0.2, 0.25) is 0 Å². The highest BCUT2D eigenvalue weighted by Crippen LogP contribution is 2.39. The summed E-state index contributed by atoms with van der Waals surface area (Å²) in [7, 11) is 0. The lowest BCUT2D eigenvalue weighted by atomic mass is 9.82. The Morgan fingerprint density at radius 1 is 1.24 bits per heavy atom. The summed E-state index contributed by atoms with van der Waals surface area (Å²) in [5, 5.41) is 16.0. The Hall–Kier alpha value is -0.580. The van der Waals surface area contributed by atoms with E-state index in [9.17, 15) is 5.11 Å². The summed E-state index contributed by atoms with van der Waals surface area (Å²) >= 11 is 6.32. The fraction of sp³-hybridized carbons (Fsp3) is 0.812. The molecule has 122 valence electrons. The van der Waals surface area contributed by atoms with E-state index in [4.69, 9.17) is 11.6 Å². The summed E-state index contributed by atoms with van der Waals surface area (Å²) < 4.78 is 1.86. The van der Waals surface area contributed by atoms with E-state index < -0.39 is 6.10 Å². The molecule has 4 nitrogen and oxygen atoms in total. The molecule has 0 radical (unpaired) electrons. The highest BCUT2D eigenvalue weighted by molar-refractivity contribution is 6.31. The summed E-state index contributed by atoms with van der Waals surface area (Å²) in [4.78, 5) is 2.34. The summed E-state index contributed by atoms with van der Waals surface area (Å²) in [5.74, 6) is 0. The van der Waals surface area contributed by atoms with Crippen LogP contribution >= 0.6 is 11.6 Å². The topological polar surface area (TPSA) is 41.3 Å². The van der Waals surface area contributed by atoms with Crippen LogP contribution in [0.4, 0.5) is 0 Å². The largest absolute Gasteiger partial charge is 0.385 e. The van der Waals surface area contributed by atoms with Crippen LogP contribution < -0.4 is 0 Å². The third-order valence-electron chi connectivity index (χ3n) is 4.65. The smallest absolute Gasteiger partial charge is 0.115 e. The Morgan fingerprint density at radius 3 is 2.24 bits per heavy atom. The van der Waals surface area contributed by atoms with Crippen molar-refractivity contribution in [3.63, 3.8) is 0 Å². The Kier molecular flexibility index (Phi) is 7.17. The van der Waals surface area contributed by atoms with Gasteiger partial charge in [0.15, 0.2) is 0 Å². The number of hydrogen-bond donors (Lipinski definition) is 1. The normalized spacial score (nSPS) is 13.9. The van der Waals surface area contributed by atoms with Gasteiger partial charge in [-0.3, -0.25) is 9.58 Å². The first-order valence-electron chi connectivity index (χ1n) is 8.16. The van der Waals surface area contributed by atoms with Crippen molar-refractivity contribution in [3.05, 3.63) is 16.9 Å². The van der Waals surface area contributed by atoms with E-state index in [1.807, 2.05) is 4.68 Å². The minimum Gasteiger partial charge on any atom is -0.385 e. The van der Waals surface area contributed by atoms with E-state index in [0.29, 0.717) is 5.02 Å². The molecule has 0 fully saturated rings. The lowest BCUT2D eigenvalue weighted by Crippen LogP contribution is -2.52. The van der Waals surface area contributed by atoms with Crippen LogP contribution in [-0.4, -0.2) is 38.4 Å². The summed E-state index contributed by atoms with van der Waals surface area (Å²) in [6.07, 6.45) is 3.73. The Bertz CT molecular complexity index is 425. The van der Waals surface area contributed by atoms with Crippen molar-refractivity contribution in [1.29, 1.82) is 0 Å². The molecule has 0 aromatic carbocycles. The van der Waals surface area contributed by atoms with E-state index in [1.165, 1.54) is 0 Å². The van der Waals surface area contributed by atoms with Gasteiger partial charge in [-0.1, -0.05) is 46.2 Å². The van der Waals surface area contributed by atoms with Crippen LogP contribution in [0.3, 0.4) is 0 Å². The number of halogens is 1. The van der Waals surface area contributed by atoms with Gasteiger partial charge < -0.3 is 5.11 Å². The molecule has 0 aliphatic heterocycles.